The summed E-state index contributed by atoms with van der Waals surface area (Å²) < 4.78 is 32.8. The number of phosphoric acid groups is 1. The molecule has 0 radical (unpaired) electrons. The summed E-state index contributed by atoms with van der Waals surface area (Å²) in [4.78, 5) is 33.3. The third-order valence-corrected chi connectivity index (χ3v) is 7.42. The minimum atomic E-state index is -4.31. The van der Waals surface area contributed by atoms with Gasteiger partial charge in [0.1, 0.15) is 19.8 Å². The van der Waals surface area contributed by atoms with Crippen molar-refractivity contribution in [2.75, 3.05) is 47.5 Å². The number of esters is 2. The molecule has 1 N–H and O–H groups in total. The van der Waals surface area contributed by atoms with Gasteiger partial charge in [-0.25, -0.2) is 4.57 Å². The molecule has 9 nitrogen and oxygen atoms in total. The van der Waals surface area contributed by atoms with Gasteiger partial charge >= 0.3 is 19.8 Å². The van der Waals surface area contributed by atoms with Gasteiger partial charge < -0.3 is 18.9 Å². The fourth-order valence-electron chi connectivity index (χ4n) is 4.07. The molecule has 0 saturated carbocycles. The Kier molecular flexibility index (Phi) is 23.1. The van der Waals surface area contributed by atoms with E-state index in [1.165, 1.54) is 90.4 Å². The van der Waals surface area contributed by atoms with E-state index in [4.69, 9.17) is 18.5 Å². The van der Waals surface area contributed by atoms with Gasteiger partial charge in [0.05, 0.1) is 27.7 Å². The zero-order valence-electron chi connectivity index (χ0n) is 25.6. The van der Waals surface area contributed by atoms with Crippen molar-refractivity contribution in [1.82, 2.24) is 0 Å². The van der Waals surface area contributed by atoms with Crippen molar-refractivity contribution in [2.24, 2.45) is 0 Å². The fourth-order valence-corrected chi connectivity index (χ4v) is 4.81. The van der Waals surface area contributed by atoms with Crippen LogP contribution in [0.15, 0.2) is 0 Å². The summed E-state index contributed by atoms with van der Waals surface area (Å²) in [6.45, 7) is 3.36. The van der Waals surface area contributed by atoms with Crippen LogP contribution in [0.4, 0.5) is 0 Å². The number of likely N-dealkylation sites (N-methyl/N-ethyl adjacent to an activating group) is 1. The highest BCUT2D eigenvalue weighted by molar-refractivity contribution is 7.47. The lowest BCUT2D eigenvalue weighted by Gasteiger charge is -2.24. The second kappa shape index (κ2) is 23.7. The topological polar surface area (TPSA) is 108 Å². The molecule has 0 aliphatic heterocycles. The smallest absolute Gasteiger partial charge is 0.462 e. The zero-order chi connectivity index (χ0) is 29.4. The summed E-state index contributed by atoms with van der Waals surface area (Å²) in [6, 6.07) is 0. The molecule has 0 spiro atoms. The maximum Gasteiger partial charge on any atom is 0.472 e. The van der Waals surface area contributed by atoms with Crippen molar-refractivity contribution < 1.29 is 42.1 Å². The Morgan fingerprint density at radius 1 is 0.744 bits per heavy atom. The van der Waals surface area contributed by atoms with E-state index in [1.54, 1.807) is 0 Å². The van der Waals surface area contributed by atoms with E-state index >= 15 is 0 Å². The molecule has 0 saturated heterocycles. The summed E-state index contributed by atoms with van der Waals surface area (Å²) in [5.41, 5.74) is 0. The molecule has 2 unspecified atom stereocenters. The third-order valence-electron chi connectivity index (χ3n) is 6.44. The van der Waals surface area contributed by atoms with E-state index in [-0.39, 0.29) is 19.2 Å². The molecule has 2 atom stereocenters. The number of quaternary nitrogens is 1. The van der Waals surface area contributed by atoms with Crippen LogP contribution in [0.3, 0.4) is 0 Å². The summed E-state index contributed by atoms with van der Waals surface area (Å²) in [5.74, 6) is -0.986. The molecule has 39 heavy (non-hydrogen) atoms. The maximum atomic E-state index is 12.1. The monoisotopic (exact) mass is 580 g/mol. The quantitative estimate of drug-likeness (QED) is 0.0481. The first-order valence-corrected chi connectivity index (χ1v) is 16.7. The highest BCUT2D eigenvalue weighted by Gasteiger charge is 2.26. The molecule has 0 heterocycles. The minimum Gasteiger partial charge on any atom is -0.462 e. The first-order chi connectivity index (χ1) is 18.4. The van der Waals surface area contributed by atoms with Crippen LogP contribution in [0.2, 0.25) is 0 Å². The van der Waals surface area contributed by atoms with Gasteiger partial charge in [-0.05, 0) is 6.42 Å². The average Bonchev–Trinajstić information content (AvgIpc) is 2.84. The molecular formula is C29H59NO8P+. The molecule has 0 aliphatic carbocycles. The second-order valence-electron chi connectivity index (χ2n) is 11.6. The van der Waals surface area contributed by atoms with Crippen molar-refractivity contribution in [1.29, 1.82) is 0 Å². The van der Waals surface area contributed by atoms with Crippen LogP contribution in [-0.4, -0.2) is 74.9 Å². The molecule has 0 aromatic carbocycles. The van der Waals surface area contributed by atoms with Crippen molar-refractivity contribution in [2.45, 2.75) is 129 Å². The number of hydrogen-bond donors (Lipinski definition) is 1. The number of carbonyl (C=O) groups excluding carboxylic acids is 2. The average molecular weight is 581 g/mol. The molecule has 0 rings (SSSR count). The predicted octanol–water partition coefficient (Wildman–Crippen LogP) is 6.95. The van der Waals surface area contributed by atoms with Crippen LogP contribution in [0.1, 0.15) is 123 Å². The number of rotatable bonds is 27. The summed E-state index contributed by atoms with van der Waals surface area (Å²) in [6.07, 6.45) is 19.6. The van der Waals surface area contributed by atoms with Gasteiger partial charge in [-0.1, -0.05) is 103 Å². The lowest BCUT2D eigenvalue weighted by Crippen LogP contribution is -2.37. The van der Waals surface area contributed by atoms with Gasteiger partial charge in [0, 0.05) is 13.3 Å². The predicted molar refractivity (Wildman–Crippen MR) is 155 cm³/mol. The van der Waals surface area contributed by atoms with Gasteiger partial charge in [0.25, 0.3) is 0 Å². The SMILES string of the molecule is CCCCCCCCCCCCCCCCCCC(=O)OCC(COP(=O)(O)OCC[N+](C)(C)C)OC(C)=O. The standard InChI is InChI=1S/C29H58NO8P/c1-6-7-8-9-10-11-12-13-14-15-16-17-18-19-20-21-22-29(32)35-25-28(38-27(2)31)26-37-39(33,34)36-24-23-30(3,4)5/h28H,6-26H2,1-5H3/p+1. The van der Waals surface area contributed by atoms with E-state index in [1.807, 2.05) is 21.1 Å². The summed E-state index contributed by atoms with van der Waals surface area (Å²) in [7, 11) is 1.47. The lowest BCUT2D eigenvalue weighted by atomic mass is 10.0. The van der Waals surface area contributed by atoms with Gasteiger partial charge in [-0.15, -0.1) is 0 Å². The van der Waals surface area contributed by atoms with Crippen molar-refractivity contribution in [3.8, 4) is 0 Å². The number of nitrogens with zero attached hydrogens (tertiary/aromatic N) is 1. The fraction of sp³-hybridized carbons (Fsp3) is 0.931. The van der Waals surface area contributed by atoms with Gasteiger partial charge in [0.15, 0.2) is 6.10 Å². The molecule has 232 valence electrons. The first-order valence-electron chi connectivity index (χ1n) is 15.2. The second-order valence-corrected chi connectivity index (χ2v) is 13.0. The van der Waals surface area contributed by atoms with Crippen LogP contribution in [0, 0.1) is 0 Å². The Labute approximate surface area is 238 Å². The largest absolute Gasteiger partial charge is 0.472 e. The van der Waals surface area contributed by atoms with E-state index in [0.29, 0.717) is 17.4 Å². The van der Waals surface area contributed by atoms with Gasteiger partial charge in [-0.3, -0.25) is 18.6 Å². The summed E-state index contributed by atoms with van der Waals surface area (Å²) in [5, 5.41) is 0. The van der Waals surface area contributed by atoms with Crippen molar-refractivity contribution in [3.05, 3.63) is 0 Å². The van der Waals surface area contributed by atoms with Crippen LogP contribution in [0.25, 0.3) is 0 Å². The molecule has 0 bridgehead atoms. The molecule has 0 aromatic heterocycles. The normalized spacial score (nSPS) is 14.1. The van der Waals surface area contributed by atoms with Crippen LogP contribution in [-0.2, 0) is 32.7 Å². The van der Waals surface area contributed by atoms with E-state index < -0.39 is 26.5 Å². The Balaban J connectivity index is 3.84. The van der Waals surface area contributed by atoms with Crippen LogP contribution in [0.5, 0.6) is 0 Å². The molecule has 0 aliphatic rings. The van der Waals surface area contributed by atoms with Gasteiger partial charge in [-0.2, -0.15) is 0 Å². The number of unbranched alkanes of at least 4 members (excludes halogenated alkanes) is 15. The zero-order valence-corrected chi connectivity index (χ0v) is 26.5. The van der Waals surface area contributed by atoms with Crippen LogP contribution < -0.4 is 0 Å². The highest BCUT2D eigenvalue weighted by Crippen LogP contribution is 2.43. The Morgan fingerprint density at radius 3 is 1.64 bits per heavy atom. The Bertz CT molecular complexity index is 668. The molecule has 10 heteroatoms. The first kappa shape index (κ1) is 38.0. The third kappa shape index (κ3) is 28.3. The molecular weight excluding hydrogens is 521 g/mol. The Morgan fingerprint density at radius 2 is 1.21 bits per heavy atom. The lowest BCUT2D eigenvalue weighted by molar-refractivity contribution is -0.870. The van der Waals surface area contributed by atoms with E-state index in [9.17, 15) is 19.0 Å². The number of phosphoric ester groups is 1. The van der Waals surface area contributed by atoms with E-state index in [2.05, 4.69) is 6.92 Å². The molecule has 0 amide bonds. The number of hydrogen-bond acceptors (Lipinski definition) is 7. The molecule has 0 fully saturated rings. The minimum absolute atomic E-state index is 0.0316. The van der Waals surface area contributed by atoms with Crippen LogP contribution >= 0.6 is 7.82 Å². The van der Waals surface area contributed by atoms with E-state index in [0.717, 1.165) is 19.3 Å². The van der Waals surface area contributed by atoms with Crippen molar-refractivity contribution in [3.63, 3.8) is 0 Å². The van der Waals surface area contributed by atoms with Gasteiger partial charge in [0.2, 0.25) is 0 Å². The Hall–Kier alpha value is -0.990. The number of carbonyl (C=O) groups is 2. The maximum absolute atomic E-state index is 12.1. The van der Waals surface area contributed by atoms with Crippen molar-refractivity contribution >= 4 is 19.8 Å². The highest BCUT2D eigenvalue weighted by atomic mass is 31.2. The molecule has 0 aromatic rings. The summed E-state index contributed by atoms with van der Waals surface area (Å²) >= 11 is 0. The number of ether oxygens (including phenoxy) is 2.